The predicted molar refractivity (Wildman–Crippen MR) is 33.8 cm³/mol. The molecule has 0 bridgehead atoms. The summed E-state index contributed by atoms with van der Waals surface area (Å²) in [7, 11) is 0. The molecule has 0 fully saturated rings. The van der Waals surface area contributed by atoms with Crippen molar-refractivity contribution in [1.29, 1.82) is 0 Å². The lowest BCUT2D eigenvalue weighted by Crippen LogP contribution is -2.69. The van der Waals surface area contributed by atoms with Crippen molar-refractivity contribution in [2.75, 3.05) is 0 Å². The Hall–Kier alpha value is -0.960. The summed E-state index contributed by atoms with van der Waals surface area (Å²) >= 11 is 0. The second-order valence-electron chi connectivity index (χ2n) is 2.00. The second kappa shape index (κ2) is 2.11. The number of ketones is 1. The third kappa shape index (κ3) is 1.05. The van der Waals surface area contributed by atoms with Gasteiger partial charge in [-0.25, -0.2) is 0 Å². The van der Waals surface area contributed by atoms with Gasteiger partial charge in [0, 0.05) is 0 Å². The first-order valence-electron chi connectivity index (χ1n) is 2.81. The van der Waals surface area contributed by atoms with E-state index in [1.54, 1.807) is 18.5 Å². The quantitative estimate of drug-likeness (QED) is 0.468. The van der Waals surface area contributed by atoms with Crippen molar-refractivity contribution in [3.8, 4) is 0 Å². The van der Waals surface area contributed by atoms with Crippen LogP contribution in [0.4, 0.5) is 0 Å². The molecule has 9 heavy (non-hydrogen) atoms. The number of carbonyl (C=O) groups excluding carboxylic acids is 1. The van der Waals surface area contributed by atoms with Crippen molar-refractivity contribution in [2.45, 2.75) is 13.8 Å². The largest absolute Gasteiger partial charge is 0.294 e. The minimum Gasteiger partial charge on any atom is -0.294 e. The Morgan fingerprint density at radius 1 is 1.78 bits per heavy atom. The average molecular weight is 125 g/mol. The number of nitrogens with two attached hydrogens (primary N) is 1. The molecule has 0 aromatic heterocycles. The molecule has 0 amide bonds. The van der Waals surface area contributed by atoms with E-state index in [1.807, 2.05) is 6.92 Å². The van der Waals surface area contributed by atoms with Gasteiger partial charge < -0.3 is 0 Å². The Kier molecular flexibility index (Phi) is 1.44. The lowest BCUT2D eigenvalue weighted by molar-refractivity contribution is -0.590. The van der Waals surface area contributed by atoms with E-state index in [4.69, 9.17) is 0 Å². The van der Waals surface area contributed by atoms with Crippen LogP contribution in [0.3, 0.4) is 0 Å². The topological polar surface area (TPSA) is 46.0 Å². The summed E-state index contributed by atoms with van der Waals surface area (Å²) in [5.41, 5.74) is 3.20. The number of rotatable bonds is 1. The van der Waals surface area contributed by atoms with Crippen molar-refractivity contribution in [3.05, 3.63) is 11.8 Å². The molecule has 0 atom stereocenters. The molecule has 1 heterocycles. The fourth-order valence-corrected chi connectivity index (χ4v) is 0.786. The van der Waals surface area contributed by atoms with Gasteiger partial charge in [0.15, 0.2) is 5.78 Å². The number of carbonyl (C=O) groups is 1. The van der Waals surface area contributed by atoms with E-state index in [-0.39, 0.29) is 5.78 Å². The summed E-state index contributed by atoms with van der Waals surface area (Å²) in [5, 5.41) is 3.92. The third-order valence-electron chi connectivity index (χ3n) is 1.28. The molecule has 1 rings (SSSR count). The van der Waals surface area contributed by atoms with Crippen molar-refractivity contribution >= 4 is 11.5 Å². The minimum atomic E-state index is 0.0880. The predicted octanol–water partition coefficient (Wildman–Crippen LogP) is -0.588. The molecule has 0 spiro atoms. The maximum atomic E-state index is 10.7. The Bertz CT molecular complexity index is 203. The zero-order valence-electron chi connectivity index (χ0n) is 5.51. The van der Waals surface area contributed by atoms with Crippen molar-refractivity contribution < 1.29 is 10.2 Å². The molecule has 0 saturated carbocycles. The van der Waals surface area contributed by atoms with Gasteiger partial charge in [-0.2, -0.15) is 5.43 Å². The molecular weight excluding hydrogens is 116 g/mol. The molecule has 3 nitrogen and oxygen atoms in total. The monoisotopic (exact) mass is 125 g/mol. The van der Waals surface area contributed by atoms with Crippen molar-refractivity contribution in [3.63, 3.8) is 0 Å². The fraction of sp³-hybridized carbons (Fsp3) is 0.333. The summed E-state index contributed by atoms with van der Waals surface area (Å²) in [6.45, 7) is 3.38. The Morgan fingerprint density at radius 2 is 2.44 bits per heavy atom. The normalized spacial score (nSPS) is 17.1. The van der Waals surface area contributed by atoms with Crippen LogP contribution in [0.25, 0.3) is 0 Å². The number of Topliss-reactive ketones (excluding diaryl/α,β-unsaturated/α-hetero) is 1. The van der Waals surface area contributed by atoms with Crippen LogP contribution >= 0.6 is 0 Å². The van der Waals surface area contributed by atoms with Crippen LogP contribution in [0.1, 0.15) is 13.8 Å². The van der Waals surface area contributed by atoms with Gasteiger partial charge in [-0.3, -0.25) is 4.79 Å². The van der Waals surface area contributed by atoms with Gasteiger partial charge in [0.25, 0.3) is 0 Å². The average Bonchev–Trinajstić information content (AvgIpc) is 2.13. The van der Waals surface area contributed by atoms with Crippen molar-refractivity contribution in [1.82, 2.24) is 0 Å². The number of hydrogen-bond donors (Lipinski definition) is 1. The standard InChI is InChI=1S/C6H8N2O/c1-4-6(5(2)9)3-7-8-4/h3H,1-2H3,(H,7,8)/p+1. The Morgan fingerprint density at radius 3 is 2.67 bits per heavy atom. The number of hydrogen-bond acceptors (Lipinski definition) is 2. The zero-order valence-corrected chi connectivity index (χ0v) is 5.51. The van der Waals surface area contributed by atoms with Crippen LogP contribution in [0, 0.1) is 0 Å². The number of quaternary nitrogens is 1. The molecular formula is C6H9N2O+. The highest BCUT2D eigenvalue weighted by Crippen LogP contribution is 1.98. The molecule has 0 unspecified atom stereocenters. The minimum absolute atomic E-state index is 0.0880. The lowest BCUT2D eigenvalue weighted by atomic mass is 10.1. The fourth-order valence-electron chi connectivity index (χ4n) is 0.786. The summed E-state index contributed by atoms with van der Waals surface area (Å²) in [6.07, 6.45) is 1.73. The summed E-state index contributed by atoms with van der Waals surface area (Å²) < 4.78 is 0. The first kappa shape index (κ1) is 6.16. The summed E-state index contributed by atoms with van der Waals surface area (Å²) in [5.74, 6) is 0.0880. The van der Waals surface area contributed by atoms with E-state index in [0.717, 1.165) is 11.3 Å². The first-order valence-corrected chi connectivity index (χ1v) is 2.81. The van der Waals surface area contributed by atoms with E-state index >= 15 is 0 Å². The highest BCUT2D eigenvalue weighted by Gasteiger charge is 2.14. The second-order valence-corrected chi connectivity index (χ2v) is 2.00. The molecule has 2 N–H and O–H groups in total. The van der Waals surface area contributed by atoms with Crippen molar-refractivity contribution in [2.24, 2.45) is 5.10 Å². The molecule has 1 aliphatic rings. The SMILES string of the molecule is CC(=O)C1=C[NH2+]N=C1C. The molecule has 0 saturated heterocycles. The Balaban J connectivity index is 2.84. The van der Waals surface area contributed by atoms with Gasteiger partial charge in [0.2, 0.25) is 0 Å². The molecule has 0 radical (unpaired) electrons. The molecule has 48 valence electrons. The van der Waals surface area contributed by atoms with Gasteiger partial charge >= 0.3 is 0 Å². The summed E-state index contributed by atoms with van der Waals surface area (Å²) in [4.78, 5) is 10.7. The van der Waals surface area contributed by atoms with Gasteiger partial charge in [0.1, 0.15) is 11.9 Å². The Labute approximate surface area is 53.4 Å². The maximum absolute atomic E-state index is 10.7. The molecule has 3 heteroatoms. The van der Waals surface area contributed by atoms with Crippen LogP contribution < -0.4 is 5.43 Å². The van der Waals surface area contributed by atoms with E-state index in [0.29, 0.717) is 0 Å². The smallest absolute Gasteiger partial charge is 0.167 e. The zero-order chi connectivity index (χ0) is 6.85. The maximum Gasteiger partial charge on any atom is 0.167 e. The molecule has 0 aromatic carbocycles. The molecule has 0 aromatic rings. The van der Waals surface area contributed by atoms with Crippen LogP contribution in [0.15, 0.2) is 16.9 Å². The highest BCUT2D eigenvalue weighted by atomic mass is 16.1. The van der Waals surface area contributed by atoms with Gasteiger partial charge in [0.05, 0.1) is 5.57 Å². The van der Waals surface area contributed by atoms with Crippen LogP contribution in [0.5, 0.6) is 0 Å². The van der Waals surface area contributed by atoms with E-state index < -0.39 is 0 Å². The third-order valence-corrected chi connectivity index (χ3v) is 1.28. The van der Waals surface area contributed by atoms with Crippen LogP contribution in [-0.2, 0) is 4.79 Å². The number of nitrogens with zero attached hydrogens (tertiary/aromatic N) is 1. The van der Waals surface area contributed by atoms with E-state index in [2.05, 4.69) is 5.10 Å². The first-order chi connectivity index (χ1) is 4.22. The summed E-state index contributed by atoms with van der Waals surface area (Å²) in [6, 6.07) is 0. The van der Waals surface area contributed by atoms with E-state index in [1.165, 1.54) is 0 Å². The van der Waals surface area contributed by atoms with Gasteiger partial charge in [-0.1, -0.05) is 5.10 Å². The van der Waals surface area contributed by atoms with Crippen LogP contribution in [0.2, 0.25) is 0 Å². The number of allylic oxidation sites excluding steroid dienone is 1. The van der Waals surface area contributed by atoms with Gasteiger partial charge in [-0.15, -0.1) is 0 Å². The van der Waals surface area contributed by atoms with Gasteiger partial charge in [-0.05, 0) is 13.8 Å². The lowest BCUT2D eigenvalue weighted by Gasteiger charge is -1.86. The van der Waals surface area contributed by atoms with Crippen LogP contribution in [-0.4, -0.2) is 11.5 Å². The van der Waals surface area contributed by atoms with E-state index in [9.17, 15) is 4.79 Å². The molecule has 0 aliphatic carbocycles. The molecule has 1 aliphatic heterocycles. The highest BCUT2D eigenvalue weighted by molar-refractivity contribution is 6.20.